The van der Waals surface area contributed by atoms with Crippen LogP contribution in [0.1, 0.15) is 10.4 Å². The summed E-state index contributed by atoms with van der Waals surface area (Å²) >= 11 is 0. The Bertz CT molecular complexity index is 884. The minimum Gasteiger partial charge on any atom is -0.497 e. The highest BCUT2D eigenvalue weighted by atomic mass is 16.5. The molecule has 0 fully saturated rings. The molecule has 0 radical (unpaired) electrons. The number of ether oxygens (including phenoxy) is 3. The lowest BCUT2D eigenvalue weighted by atomic mass is 10.2. The van der Waals surface area contributed by atoms with E-state index in [1.807, 2.05) is 12.1 Å². The number of hydrogen-bond donors (Lipinski definition) is 0. The van der Waals surface area contributed by atoms with Crippen molar-refractivity contribution in [2.24, 2.45) is 0 Å². The van der Waals surface area contributed by atoms with Crippen molar-refractivity contribution in [3.8, 4) is 28.6 Å². The minimum atomic E-state index is -0.489. The number of esters is 1. The summed E-state index contributed by atoms with van der Waals surface area (Å²) in [6.45, 7) is 0. The molecule has 0 bridgehead atoms. The van der Waals surface area contributed by atoms with Gasteiger partial charge in [-0.3, -0.25) is 4.98 Å². The second-order valence-electron chi connectivity index (χ2n) is 4.94. The standard InChI is InChI=1S/C18H15N3O4/c1-23-14-9-13(18(22)24-2)10-15(11-14)25-17-16(20-7-8-21-17)12-3-5-19-6-4-12/h3-11H,1-2H3. The Labute approximate surface area is 144 Å². The highest BCUT2D eigenvalue weighted by Gasteiger charge is 2.14. The average Bonchev–Trinajstić information content (AvgIpc) is 2.68. The summed E-state index contributed by atoms with van der Waals surface area (Å²) in [7, 11) is 2.82. The van der Waals surface area contributed by atoms with E-state index in [1.165, 1.54) is 20.4 Å². The number of hydrogen-bond acceptors (Lipinski definition) is 7. The lowest BCUT2D eigenvalue weighted by Gasteiger charge is -2.11. The summed E-state index contributed by atoms with van der Waals surface area (Å²) in [6, 6.07) is 8.39. The largest absolute Gasteiger partial charge is 0.497 e. The van der Waals surface area contributed by atoms with Crippen LogP contribution in [0.5, 0.6) is 17.4 Å². The van der Waals surface area contributed by atoms with E-state index in [0.29, 0.717) is 28.6 Å². The Morgan fingerprint density at radius 1 is 0.920 bits per heavy atom. The fourth-order valence-electron chi connectivity index (χ4n) is 2.20. The van der Waals surface area contributed by atoms with Gasteiger partial charge in [0, 0.05) is 36.4 Å². The first kappa shape index (κ1) is 16.4. The number of carbonyl (C=O) groups excluding carboxylic acids is 1. The average molecular weight is 337 g/mol. The molecule has 0 atom stereocenters. The van der Waals surface area contributed by atoms with E-state index in [9.17, 15) is 4.79 Å². The first-order valence-corrected chi connectivity index (χ1v) is 7.38. The molecule has 0 saturated carbocycles. The van der Waals surface area contributed by atoms with E-state index < -0.39 is 5.97 Å². The summed E-state index contributed by atoms with van der Waals surface area (Å²) in [5.41, 5.74) is 1.69. The molecule has 0 unspecified atom stereocenters. The molecule has 7 nitrogen and oxygen atoms in total. The molecule has 3 rings (SSSR count). The summed E-state index contributed by atoms with van der Waals surface area (Å²) in [5.74, 6) is 0.665. The van der Waals surface area contributed by atoms with E-state index in [-0.39, 0.29) is 0 Å². The van der Waals surface area contributed by atoms with Crippen LogP contribution in [0.25, 0.3) is 11.3 Å². The van der Waals surface area contributed by atoms with Crippen LogP contribution in [0.4, 0.5) is 0 Å². The lowest BCUT2D eigenvalue weighted by Crippen LogP contribution is -2.02. The molecule has 7 heteroatoms. The number of aromatic nitrogens is 3. The normalized spacial score (nSPS) is 10.2. The molecule has 25 heavy (non-hydrogen) atoms. The quantitative estimate of drug-likeness (QED) is 0.661. The van der Waals surface area contributed by atoms with Crippen LogP contribution in [-0.4, -0.2) is 35.1 Å². The second kappa shape index (κ2) is 7.39. The van der Waals surface area contributed by atoms with Gasteiger partial charge in [0.15, 0.2) is 0 Å². The number of rotatable bonds is 5. The van der Waals surface area contributed by atoms with Crippen molar-refractivity contribution >= 4 is 5.97 Å². The van der Waals surface area contributed by atoms with Crippen LogP contribution in [0.15, 0.2) is 55.1 Å². The van der Waals surface area contributed by atoms with Gasteiger partial charge in [-0.05, 0) is 24.3 Å². The zero-order chi connectivity index (χ0) is 17.6. The Balaban J connectivity index is 2.00. The smallest absolute Gasteiger partial charge is 0.338 e. The zero-order valence-corrected chi connectivity index (χ0v) is 13.7. The van der Waals surface area contributed by atoms with Crippen LogP contribution in [0.2, 0.25) is 0 Å². The van der Waals surface area contributed by atoms with Crippen molar-refractivity contribution in [2.75, 3.05) is 14.2 Å². The van der Waals surface area contributed by atoms with Crippen LogP contribution in [0, 0.1) is 0 Å². The van der Waals surface area contributed by atoms with Crippen LogP contribution in [0.3, 0.4) is 0 Å². The summed E-state index contributed by atoms with van der Waals surface area (Å²) in [5, 5.41) is 0. The van der Waals surface area contributed by atoms with Gasteiger partial charge in [0.1, 0.15) is 17.2 Å². The SMILES string of the molecule is COC(=O)c1cc(OC)cc(Oc2nccnc2-c2ccncc2)c1. The molecule has 1 aromatic carbocycles. The maximum atomic E-state index is 11.8. The van der Waals surface area contributed by atoms with E-state index in [1.54, 1.807) is 36.8 Å². The Morgan fingerprint density at radius 3 is 2.36 bits per heavy atom. The summed E-state index contributed by atoms with van der Waals surface area (Å²) < 4.78 is 15.8. The maximum Gasteiger partial charge on any atom is 0.338 e. The molecule has 0 aliphatic heterocycles. The Kier molecular flexibility index (Phi) is 4.84. The monoisotopic (exact) mass is 337 g/mol. The predicted octanol–water partition coefficient (Wildman–Crippen LogP) is 3.13. The van der Waals surface area contributed by atoms with Gasteiger partial charge in [0.05, 0.1) is 19.8 Å². The van der Waals surface area contributed by atoms with Crippen molar-refractivity contribution in [3.05, 3.63) is 60.7 Å². The maximum absolute atomic E-state index is 11.8. The highest BCUT2D eigenvalue weighted by Crippen LogP contribution is 2.31. The molecule has 0 amide bonds. The van der Waals surface area contributed by atoms with Crippen molar-refractivity contribution in [1.29, 1.82) is 0 Å². The molecule has 3 aromatic rings. The van der Waals surface area contributed by atoms with Crippen molar-refractivity contribution in [3.63, 3.8) is 0 Å². The topological polar surface area (TPSA) is 83.4 Å². The lowest BCUT2D eigenvalue weighted by molar-refractivity contribution is 0.0600. The van der Waals surface area contributed by atoms with Gasteiger partial charge in [-0.25, -0.2) is 14.8 Å². The molecule has 0 saturated heterocycles. The first-order chi connectivity index (χ1) is 12.2. The van der Waals surface area contributed by atoms with E-state index in [2.05, 4.69) is 15.0 Å². The van der Waals surface area contributed by atoms with Gasteiger partial charge in [-0.15, -0.1) is 0 Å². The summed E-state index contributed by atoms with van der Waals surface area (Å²) in [6.07, 6.45) is 6.43. The fourth-order valence-corrected chi connectivity index (χ4v) is 2.20. The van der Waals surface area contributed by atoms with E-state index in [0.717, 1.165) is 5.56 Å². The summed E-state index contributed by atoms with van der Waals surface area (Å²) in [4.78, 5) is 24.4. The second-order valence-corrected chi connectivity index (χ2v) is 4.94. The van der Waals surface area contributed by atoms with Crippen LogP contribution >= 0.6 is 0 Å². The van der Waals surface area contributed by atoms with E-state index >= 15 is 0 Å². The van der Waals surface area contributed by atoms with Gasteiger partial charge >= 0.3 is 5.97 Å². The molecule has 126 valence electrons. The third kappa shape index (κ3) is 3.72. The number of pyridine rings is 1. The van der Waals surface area contributed by atoms with Gasteiger partial charge in [-0.1, -0.05) is 0 Å². The number of benzene rings is 1. The Hall–Kier alpha value is -3.48. The van der Waals surface area contributed by atoms with Crippen molar-refractivity contribution in [1.82, 2.24) is 15.0 Å². The van der Waals surface area contributed by atoms with Crippen molar-refractivity contribution < 1.29 is 19.0 Å². The van der Waals surface area contributed by atoms with Gasteiger partial charge in [0.2, 0.25) is 5.88 Å². The third-order valence-electron chi connectivity index (χ3n) is 3.37. The van der Waals surface area contributed by atoms with Crippen LogP contribution in [-0.2, 0) is 4.74 Å². The number of methoxy groups -OCH3 is 2. The molecule has 0 aliphatic carbocycles. The molecular weight excluding hydrogens is 322 g/mol. The van der Waals surface area contributed by atoms with Gasteiger partial charge < -0.3 is 14.2 Å². The minimum absolute atomic E-state index is 0.303. The molecule has 2 aromatic heterocycles. The molecule has 0 spiro atoms. The predicted molar refractivity (Wildman–Crippen MR) is 89.7 cm³/mol. The third-order valence-corrected chi connectivity index (χ3v) is 3.37. The van der Waals surface area contributed by atoms with Gasteiger partial charge in [0.25, 0.3) is 0 Å². The zero-order valence-electron chi connectivity index (χ0n) is 13.7. The number of nitrogens with zero attached hydrogens (tertiary/aromatic N) is 3. The fraction of sp³-hybridized carbons (Fsp3) is 0.111. The molecule has 2 heterocycles. The molecule has 0 N–H and O–H groups in total. The highest BCUT2D eigenvalue weighted by molar-refractivity contribution is 5.90. The Morgan fingerprint density at radius 2 is 1.64 bits per heavy atom. The number of carbonyl (C=O) groups is 1. The van der Waals surface area contributed by atoms with Crippen LogP contribution < -0.4 is 9.47 Å². The van der Waals surface area contributed by atoms with E-state index in [4.69, 9.17) is 14.2 Å². The first-order valence-electron chi connectivity index (χ1n) is 7.38. The molecular formula is C18H15N3O4. The molecule has 0 aliphatic rings. The van der Waals surface area contributed by atoms with Crippen molar-refractivity contribution in [2.45, 2.75) is 0 Å². The van der Waals surface area contributed by atoms with Gasteiger partial charge in [-0.2, -0.15) is 0 Å².